The second-order valence-corrected chi connectivity index (χ2v) is 5.70. The molecule has 0 aliphatic heterocycles. The maximum absolute atomic E-state index is 9.81. The minimum atomic E-state index is -0.00900. The molecule has 2 aromatic carbocycles. The van der Waals surface area contributed by atoms with E-state index in [-0.39, 0.29) is 28.6 Å². The van der Waals surface area contributed by atoms with Crippen molar-refractivity contribution in [2.45, 2.75) is 0 Å². The predicted octanol–water partition coefficient (Wildman–Crippen LogP) is 3.30. The van der Waals surface area contributed by atoms with Gasteiger partial charge in [-0.25, -0.2) is 4.98 Å². The number of aromatic nitrogens is 1. The number of methoxy groups -OCH3 is 2. The number of ether oxygens (including phenoxy) is 2. The van der Waals surface area contributed by atoms with Crippen LogP contribution in [0, 0.1) is 11.3 Å². The number of aromatic hydroxyl groups is 2. The lowest BCUT2D eigenvalue weighted by molar-refractivity contribution is 0.373. The highest BCUT2D eigenvalue weighted by atomic mass is 16.5. The van der Waals surface area contributed by atoms with E-state index in [9.17, 15) is 15.5 Å². The van der Waals surface area contributed by atoms with Crippen LogP contribution in [0.15, 0.2) is 42.5 Å². The molecule has 1 aromatic heterocycles. The molecule has 0 radical (unpaired) electrons. The molecule has 0 spiro atoms. The second kappa shape index (κ2) is 7.14. The number of anilines is 1. The molecule has 3 aromatic rings. The monoisotopic (exact) mass is 363 g/mol. The van der Waals surface area contributed by atoms with Gasteiger partial charge in [0, 0.05) is 11.1 Å². The molecule has 4 N–H and O–H groups in total. The fraction of sp³-hybridized carbons (Fsp3) is 0.100. The summed E-state index contributed by atoms with van der Waals surface area (Å²) in [7, 11) is 2.90. The van der Waals surface area contributed by atoms with Crippen LogP contribution in [0.4, 0.5) is 5.82 Å². The summed E-state index contributed by atoms with van der Waals surface area (Å²) in [5.74, 6) is 0.644. The number of nitrogens with zero attached hydrogens (tertiary/aromatic N) is 2. The first-order chi connectivity index (χ1) is 13.0. The SMILES string of the molecule is COc1cc(-c2cc(-c3ccc(O)c(OC)c3)c(C#N)c(N)n2)ccc1O. The number of nitrogen functional groups attached to an aromatic ring is 1. The summed E-state index contributed by atoms with van der Waals surface area (Å²) in [6.07, 6.45) is 0. The minimum Gasteiger partial charge on any atom is -0.504 e. The number of nitriles is 1. The van der Waals surface area contributed by atoms with Gasteiger partial charge in [0.25, 0.3) is 0 Å². The van der Waals surface area contributed by atoms with Crippen molar-refractivity contribution in [3.63, 3.8) is 0 Å². The van der Waals surface area contributed by atoms with Gasteiger partial charge in [-0.05, 0) is 42.0 Å². The van der Waals surface area contributed by atoms with Crippen molar-refractivity contribution in [2.24, 2.45) is 0 Å². The van der Waals surface area contributed by atoms with Gasteiger partial charge >= 0.3 is 0 Å². The smallest absolute Gasteiger partial charge is 0.161 e. The zero-order valence-electron chi connectivity index (χ0n) is 14.7. The molecule has 136 valence electrons. The van der Waals surface area contributed by atoms with E-state index < -0.39 is 0 Å². The Labute approximate surface area is 155 Å². The molecule has 7 nitrogen and oxygen atoms in total. The normalized spacial score (nSPS) is 10.3. The number of benzene rings is 2. The van der Waals surface area contributed by atoms with E-state index in [2.05, 4.69) is 11.1 Å². The number of hydrogen-bond acceptors (Lipinski definition) is 7. The Balaban J connectivity index is 2.22. The summed E-state index contributed by atoms with van der Waals surface area (Å²) in [5, 5.41) is 29.1. The Morgan fingerprint density at radius 2 is 1.48 bits per heavy atom. The van der Waals surface area contributed by atoms with E-state index in [4.69, 9.17) is 15.2 Å². The van der Waals surface area contributed by atoms with E-state index in [1.165, 1.54) is 26.4 Å². The van der Waals surface area contributed by atoms with Crippen molar-refractivity contribution in [3.05, 3.63) is 48.0 Å². The van der Waals surface area contributed by atoms with E-state index in [0.29, 0.717) is 28.1 Å². The van der Waals surface area contributed by atoms with Gasteiger partial charge in [0.05, 0.1) is 19.9 Å². The quantitative estimate of drug-likeness (QED) is 0.650. The van der Waals surface area contributed by atoms with Gasteiger partial charge in [0.1, 0.15) is 17.5 Å². The Morgan fingerprint density at radius 3 is 2.04 bits per heavy atom. The molecule has 0 unspecified atom stereocenters. The lowest BCUT2D eigenvalue weighted by Gasteiger charge is -2.12. The molecule has 0 amide bonds. The van der Waals surface area contributed by atoms with E-state index in [0.717, 1.165) is 0 Å². The van der Waals surface area contributed by atoms with Crippen LogP contribution < -0.4 is 15.2 Å². The van der Waals surface area contributed by atoms with Gasteiger partial charge in [-0.15, -0.1) is 0 Å². The first kappa shape index (κ1) is 17.9. The third kappa shape index (κ3) is 3.28. The highest BCUT2D eigenvalue weighted by Crippen LogP contribution is 2.37. The molecular weight excluding hydrogens is 346 g/mol. The van der Waals surface area contributed by atoms with Gasteiger partial charge in [0.2, 0.25) is 0 Å². The zero-order chi connectivity index (χ0) is 19.6. The van der Waals surface area contributed by atoms with E-state index in [1.807, 2.05) is 0 Å². The highest BCUT2D eigenvalue weighted by Gasteiger charge is 2.16. The Hall–Kier alpha value is -3.92. The topological polar surface area (TPSA) is 122 Å². The third-order valence-corrected chi connectivity index (χ3v) is 4.13. The zero-order valence-corrected chi connectivity index (χ0v) is 14.7. The third-order valence-electron chi connectivity index (χ3n) is 4.13. The Bertz CT molecular complexity index is 1060. The van der Waals surface area contributed by atoms with Crippen molar-refractivity contribution in [1.82, 2.24) is 4.98 Å². The minimum absolute atomic E-state index is 0.00589. The molecular formula is C20H17N3O4. The van der Waals surface area contributed by atoms with Crippen molar-refractivity contribution >= 4 is 5.82 Å². The van der Waals surface area contributed by atoms with Crippen LogP contribution in [0.5, 0.6) is 23.0 Å². The lowest BCUT2D eigenvalue weighted by atomic mass is 9.98. The maximum atomic E-state index is 9.81. The molecule has 7 heteroatoms. The molecule has 1 heterocycles. The molecule has 0 aliphatic rings. The van der Waals surface area contributed by atoms with Crippen LogP contribution in [0.1, 0.15) is 5.56 Å². The van der Waals surface area contributed by atoms with Crippen molar-refractivity contribution < 1.29 is 19.7 Å². The lowest BCUT2D eigenvalue weighted by Crippen LogP contribution is -2.00. The fourth-order valence-electron chi connectivity index (χ4n) is 2.74. The summed E-state index contributed by atoms with van der Waals surface area (Å²) < 4.78 is 10.3. The summed E-state index contributed by atoms with van der Waals surface area (Å²) in [6.45, 7) is 0. The molecule has 0 saturated carbocycles. The number of phenolic OH excluding ortho intramolecular Hbond substituents is 2. The van der Waals surface area contributed by atoms with Gasteiger partial charge < -0.3 is 25.4 Å². The Kier molecular flexibility index (Phi) is 4.73. The summed E-state index contributed by atoms with van der Waals surface area (Å²) >= 11 is 0. The largest absolute Gasteiger partial charge is 0.504 e. The summed E-state index contributed by atoms with van der Waals surface area (Å²) in [5.41, 5.74) is 8.59. The molecule has 27 heavy (non-hydrogen) atoms. The van der Waals surface area contributed by atoms with Crippen LogP contribution >= 0.6 is 0 Å². The summed E-state index contributed by atoms with van der Waals surface area (Å²) in [6, 6.07) is 13.3. The fourth-order valence-corrected chi connectivity index (χ4v) is 2.74. The number of pyridine rings is 1. The molecule has 0 bridgehead atoms. The average Bonchev–Trinajstić information content (AvgIpc) is 2.68. The molecule has 0 fully saturated rings. The second-order valence-electron chi connectivity index (χ2n) is 5.70. The summed E-state index contributed by atoms with van der Waals surface area (Å²) in [4.78, 5) is 4.30. The van der Waals surface area contributed by atoms with Crippen LogP contribution in [0.3, 0.4) is 0 Å². The standard InChI is InChI=1S/C20H17N3O4/c1-26-18-7-11(3-5-16(18)24)13-9-15(23-20(22)14(13)10-21)12-4-6-17(25)19(8-12)27-2/h3-9,24-25H,1-2H3,(H2,22,23). The number of hydrogen-bond donors (Lipinski definition) is 3. The van der Waals surface area contributed by atoms with Gasteiger partial charge in [-0.2, -0.15) is 5.26 Å². The van der Waals surface area contributed by atoms with Gasteiger partial charge in [-0.1, -0.05) is 6.07 Å². The van der Waals surface area contributed by atoms with Crippen molar-refractivity contribution in [1.29, 1.82) is 5.26 Å². The predicted molar refractivity (Wildman–Crippen MR) is 101 cm³/mol. The van der Waals surface area contributed by atoms with Gasteiger partial charge in [-0.3, -0.25) is 0 Å². The van der Waals surface area contributed by atoms with E-state index in [1.54, 1.807) is 30.3 Å². The van der Waals surface area contributed by atoms with Crippen LogP contribution in [-0.4, -0.2) is 29.4 Å². The average molecular weight is 363 g/mol. The van der Waals surface area contributed by atoms with Crippen molar-refractivity contribution in [2.75, 3.05) is 20.0 Å². The number of rotatable bonds is 4. The van der Waals surface area contributed by atoms with E-state index >= 15 is 0 Å². The molecule has 0 atom stereocenters. The number of phenols is 2. The first-order valence-corrected chi connectivity index (χ1v) is 7.93. The van der Waals surface area contributed by atoms with Crippen LogP contribution in [-0.2, 0) is 0 Å². The Morgan fingerprint density at radius 1 is 0.926 bits per heavy atom. The van der Waals surface area contributed by atoms with Gasteiger partial charge in [0.15, 0.2) is 23.0 Å². The molecule has 0 saturated heterocycles. The van der Waals surface area contributed by atoms with Crippen LogP contribution in [0.25, 0.3) is 22.4 Å². The van der Waals surface area contributed by atoms with Crippen molar-refractivity contribution in [3.8, 4) is 51.5 Å². The first-order valence-electron chi connectivity index (χ1n) is 7.93. The number of nitrogens with two attached hydrogens (primary N) is 1. The van der Waals surface area contributed by atoms with Crippen LogP contribution in [0.2, 0.25) is 0 Å². The molecule has 0 aliphatic carbocycles. The highest BCUT2D eigenvalue weighted by molar-refractivity contribution is 5.81. The molecule has 3 rings (SSSR count). The maximum Gasteiger partial charge on any atom is 0.161 e.